The molecule has 2 N–H and O–H groups in total. The van der Waals surface area contributed by atoms with Gasteiger partial charge in [0.2, 0.25) is 0 Å². The summed E-state index contributed by atoms with van der Waals surface area (Å²) in [6.07, 6.45) is 0. The molecule has 1 aliphatic rings. The zero-order chi connectivity index (χ0) is 16.4. The second kappa shape index (κ2) is 6.37. The quantitative estimate of drug-likeness (QED) is 0.861. The van der Waals surface area contributed by atoms with Crippen LogP contribution < -0.4 is 15.5 Å². The van der Waals surface area contributed by atoms with Crippen LogP contribution in [0.2, 0.25) is 0 Å². The molecule has 0 spiro atoms. The number of benzene rings is 2. The maximum absolute atomic E-state index is 13.7. The van der Waals surface area contributed by atoms with Crippen molar-refractivity contribution in [2.24, 2.45) is 0 Å². The molecule has 1 saturated heterocycles. The lowest BCUT2D eigenvalue weighted by molar-refractivity contribution is 0.102. The molecule has 7 heteroatoms. The van der Waals surface area contributed by atoms with E-state index in [1.165, 1.54) is 12.1 Å². The van der Waals surface area contributed by atoms with Gasteiger partial charge in [-0.05, 0) is 42.5 Å². The first-order valence-corrected chi connectivity index (χ1v) is 7.76. The highest BCUT2D eigenvalue weighted by Gasteiger charge is 2.21. The van der Waals surface area contributed by atoms with Crippen LogP contribution in [0.1, 0.15) is 10.4 Å². The fourth-order valence-corrected chi connectivity index (χ4v) is 2.63. The molecular formula is C16H13BrFN3O2. The molecule has 0 unspecified atom stereocenters. The van der Waals surface area contributed by atoms with Gasteiger partial charge in [0.1, 0.15) is 5.82 Å². The van der Waals surface area contributed by atoms with E-state index in [9.17, 15) is 14.0 Å². The Morgan fingerprint density at radius 2 is 1.96 bits per heavy atom. The summed E-state index contributed by atoms with van der Waals surface area (Å²) < 4.78 is 14.3. The van der Waals surface area contributed by atoms with Crippen LogP contribution >= 0.6 is 15.9 Å². The van der Waals surface area contributed by atoms with Gasteiger partial charge >= 0.3 is 6.03 Å². The highest BCUT2D eigenvalue weighted by Crippen LogP contribution is 2.21. The number of urea groups is 1. The second-order valence-electron chi connectivity index (χ2n) is 5.01. The molecule has 2 aromatic carbocycles. The summed E-state index contributed by atoms with van der Waals surface area (Å²) in [6, 6.07) is 10.9. The summed E-state index contributed by atoms with van der Waals surface area (Å²) in [6.45, 7) is 1.19. The van der Waals surface area contributed by atoms with Gasteiger partial charge in [-0.25, -0.2) is 9.18 Å². The number of nitrogens with one attached hydrogen (secondary N) is 2. The van der Waals surface area contributed by atoms with Crippen LogP contribution in [0.3, 0.4) is 0 Å². The van der Waals surface area contributed by atoms with Crippen LogP contribution in [0.25, 0.3) is 0 Å². The Labute approximate surface area is 140 Å². The molecule has 2 aromatic rings. The Bertz CT molecular complexity index is 764. The number of hydrogen-bond donors (Lipinski definition) is 2. The van der Waals surface area contributed by atoms with Crippen molar-refractivity contribution < 1.29 is 14.0 Å². The molecule has 0 bridgehead atoms. The topological polar surface area (TPSA) is 61.4 Å². The van der Waals surface area contributed by atoms with Crippen LogP contribution in [0.15, 0.2) is 46.9 Å². The first-order valence-electron chi connectivity index (χ1n) is 6.96. The molecule has 1 aliphatic heterocycles. The zero-order valence-electron chi connectivity index (χ0n) is 12.0. The van der Waals surface area contributed by atoms with Crippen molar-refractivity contribution in [2.45, 2.75) is 0 Å². The Balaban J connectivity index is 1.74. The summed E-state index contributed by atoms with van der Waals surface area (Å²) >= 11 is 3.16. The highest BCUT2D eigenvalue weighted by molar-refractivity contribution is 9.10. The third-order valence-corrected chi connectivity index (χ3v) is 3.97. The van der Waals surface area contributed by atoms with E-state index < -0.39 is 11.7 Å². The maximum Gasteiger partial charge on any atom is 0.321 e. The van der Waals surface area contributed by atoms with Crippen LogP contribution in [0.4, 0.5) is 20.6 Å². The number of halogens is 2. The molecule has 3 amide bonds. The first-order chi connectivity index (χ1) is 11.0. The summed E-state index contributed by atoms with van der Waals surface area (Å²) in [7, 11) is 0. The van der Waals surface area contributed by atoms with Gasteiger partial charge in [-0.2, -0.15) is 0 Å². The van der Waals surface area contributed by atoms with Gasteiger partial charge in [-0.1, -0.05) is 15.9 Å². The molecule has 23 heavy (non-hydrogen) atoms. The number of hydrogen-bond acceptors (Lipinski definition) is 2. The van der Waals surface area contributed by atoms with Gasteiger partial charge in [0.25, 0.3) is 5.91 Å². The average molecular weight is 378 g/mol. The van der Waals surface area contributed by atoms with Crippen molar-refractivity contribution in [3.05, 3.63) is 58.3 Å². The van der Waals surface area contributed by atoms with E-state index in [4.69, 9.17) is 0 Å². The third-order valence-electron chi connectivity index (χ3n) is 3.48. The number of anilines is 2. The van der Waals surface area contributed by atoms with E-state index >= 15 is 0 Å². The Morgan fingerprint density at radius 3 is 2.57 bits per heavy atom. The summed E-state index contributed by atoms with van der Waals surface area (Å²) in [5.74, 6) is -0.929. The number of carbonyl (C=O) groups is 2. The van der Waals surface area contributed by atoms with Crippen LogP contribution in [-0.4, -0.2) is 25.0 Å². The van der Waals surface area contributed by atoms with E-state index in [0.29, 0.717) is 28.8 Å². The highest BCUT2D eigenvalue weighted by atomic mass is 79.9. The van der Waals surface area contributed by atoms with E-state index in [2.05, 4.69) is 26.6 Å². The fourth-order valence-electron chi connectivity index (χ4n) is 2.30. The lowest BCUT2D eigenvalue weighted by atomic mass is 10.1. The average Bonchev–Trinajstić information content (AvgIpc) is 2.96. The standard InChI is InChI=1S/C16H13BrFN3O2/c17-11-3-6-14(13(18)9-11)20-15(22)10-1-4-12(5-2-10)21-8-7-19-16(21)23/h1-6,9H,7-8H2,(H,19,23)(H,20,22). The first kappa shape index (κ1) is 15.5. The van der Waals surface area contributed by atoms with Crippen LogP contribution in [0.5, 0.6) is 0 Å². The van der Waals surface area contributed by atoms with Gasteiger partial charge in [-0.15, -0.1) is 0 Å². The Hall–Kier alpha value is -2.41. The van der Waals surface area contributed by atoms with Crippen molar-refractivity contribution in [1.82, 2.24) is 5.32 Å². The van der Waals surface area contributed by atoms with Crippen molar-refractivity contribution in [3.8, 4) is 0 Å². The summed E-state index contributed by atoms with van der Waals surface area (Å²) in [4.78, 5) is 25.3. The van der Waals surface area contributed by atoms with Crippen LogP contribution in [-0.2, 0) is 0 Å². The molecule has 1 fully saturated rings. The minimum atomic E-state index is -0.516. The maximum atomic E-state index is 13.7. The number of amides is 3. The van der Waals surface area contributed by atoms with Crippen LogP contribution in [0, 0.1) is 5.82 Å². The Morgan fingerprint density at radius 1 is 1.22 bits per heavy atom. The number of carbonyl (C=O) groups excluding carboxylic acids is 2. The van der Waals surface area contributed by atoms with E-state index in [0.717, 1.165) is 0 Å². The number of nitrogens with zero attached hydrogens (tertiary/aromatic N) is 1. The summed E-state index contributed by atoms with van der Waals surface area (Å²) in [5.41, 5.74) is 1.21. The molecular weight excluding hydrogens is 365 g/mol. The largest absolute Gasteiger partial charge is 0.336 e. The number of rotatable bonds is 3. The SMILES string of the molecule is O=C(Nc1ccc(Br)cc1F)c1ccc(N2CCNC2=O)cc1. The predicted octanol–water partition coefficient (Wildman–Crippen LogP) is 3.37. The van der Waals surface area contributed by atoms with Crippen molar-refractivity contribution in [2.75, 3.05) is 23.3 Å². The predicted molar refractivity (Wildman–Crippen MR) is 89.2 cm³/mol. The lowest BCUT2D eigenvalue weighted by Gasteiger charge is -2.14. The van der Waals surface area contributed by atoms with Gasteiger partial charge in [0.05, 0.1) is 5.69 Å². The minimum absolute atomic E-state index is 0.112. The van der Waals surface area contributed by atoms with Crippen molar-refractivity contribution in [3.63, 3.8) is 0 Å². The van der Waals surface area contributed by atoms with Crippen molar-refractivity contribution >= 4 is 39.2 Å². The smallest absolute Gasteiger partial charge is 0.321 e. The Kier molecular flexibility index (Phi) is 4.29. The fraction of sp³-hybridized carbons (Fsp3) is 0.125. The normalized spacial score (nSPS) is 13.8. The minimum Gasteiger partial charge on any atom is -0.336 e. The molecule has 0 atom stereocenters. The van der Waals surface area contributed by atoms with Gasteiger partial charge in [-0.3, -0.25) is 9.69 Å². The molecule has 3 rings (SSSR count). The molecule has 1 heterocycles. The lowest BCUT2D eigenvalue weighted by Crippen LogP contribution is -2.27. The van der Waals surface area contributed by atoms with E-state index in [-0.39, 0.29) is 11.7 Å². The molecule has 118 valence electrons. The van der Waals surface area contributed by atoms with Gasteiger partial charge < -0.3 is 10.6 Å². The van der Waals surface area contributed by atoms with Gasteiger partial charge in [0, 0.05) is 28.8 Å². The molecule has 0 saturated carbocycles. The second-order valence-corrected chi connectivity index (χ2v) is 5.92. The monoisotopic (exact) mass is 377 g/mol. The van der Waals surface area contributed by atoms with Gasteiger partial charge in [0.15, 0.2) is 0 Å². The van der Waals surface area contributed by atoms with Crippen molar-refractivity contribution in [1.29, 1.82) is 0 Å². The molecule has 0 radical (unpaired) electrons. The van der Waals surface area contributed by atoms with E-state index in [1.807, 2.05) is 0 Å². The molecule has 5 nitrogen and oxygen atoms in total. The molecule has 0 aromatic heterocycles. The zero-order valence-corrected chi connectivity index (χ0v) is 13.6. The molecule has 0 aliphatic carbocycles. The summed E-state index contributed by atoms with van der Waals surface area (Å²) in [5, 5.41) is 5.23. The third kappa shape index (κ3) is 3.34. The van der Waals surface area contributed by atoms with E-state index in [1.54, 1.807) is 35.2 Å².